The molecule has 142 valence electrons. The van der Waals surface area contributed by atoms with E-state index in [2.05, 4.69) is 26.4 Å². The Morgan fingerprint density at radius 2 is 2.15 bits per heavy atom. The molecule has 0 saturated carbocycles. The average Bonchev–Trinajstić information content (AvgIpc) is 3.02. The predicted molar refractivity (Wildman–Crippen MR) is 100 cm³/mol. The molecule has 0 radical (unpaired) electrons. The van der Waals surface area contributed by atoms with E-state index >= 15 is 0 Å². The van der Waals surface area contributed by atoms with E-state index in [-0.39, 0.29) is 36.7 Å². The SMILES string of the molecule is C[C@H]1COc2ccc(F)cc2[C@@H](C)NC2C=Cn3ncc(c3N2)NC(=O)N1. The summed E-state index contributed by atoms with van der Waals surface area (Å²) in [6.07, 6.45) is 5.05. The molecule has 2 aliphatic heterocycles. The van der Waals surface area contributed by atoms with Gasteiger partial charge in [0.2, 0.25) is 0 Å². The summed E-state index contributed by atoms with van der Waals surface area (Å²) in [4.78, 5) is 12.3. The van der Waals surface area contributed by atoms with Crippen LogP contribution < -0.4 is 26.0 Å². The summed E-state index contributed by atoms with van der Waals surface area (Å²) in [5, 5.41) is 16.5. The Morgan fingerprint density at radius 3 is 3.00 bits per heavy atom. The zero-order valence-corrected chi connectivity index (χ0v) is 15.0. The summed E-state index contributed by atoms with van der Waals surface area (Å²) < 4.78 is 21.3. The van der Waals surface area contributed by atoms with Gasteiger partial charge in [-0.05, 0) is 38.1 Å². The number of amides is 2. The number of nitrogens with one attached hydrogen (secondary N) is 4. The van der Waals surface area contributed by atoms with Crippen LogP contribution in [-0.4, -0.2) is 34.6 Å². The molecule has 4 rings (SSSR count). The van der Waals surface area contributed by atoms with E-state index in [1.165, 1.54) is 12.1 Å². The number of ether oxygens (including phenoxy) is 1. The molecular weight excluding hydrogens is 351 g/mol. The molecule has 4 N–H and O–H groups in total. The van der Waals surface area contributed by atoms with Gasteiger partial charge in [0.1, 0.15) is 23.9 Å². The first-order valence-electron chi connectivity index (χ1n) is 8.78. The quantitative estimate of drug-likeness (QED) is 0.570. The number of hydrogen-bond acceptors (Lipinski definition) is 5. The van der Waals surface area contributed by atoms with Gasteiger partial charge in [0, 0.05) is 17.8 Å². The fourth-order valence-corrected chi connectivity index (χ4v) is 3.16. The van der Waals surface area contributed by atoms with E-state index in [0.29, 0.717) is 22.8 Å². The van der Waals surface area contributed by atoms with Gasteiger partial charge in [-0.3, -0.25) is 5.32 Å². The molecule has 3 heterocycles. The van der Waals surface area contributed by atoms with Crippen LogP contribution in [0.5, 0.6) is 5.75 Å². The number of carbonyl (C=O) groups is 1. The summed E-state index contributed by atoms with van der Waals surface area (Å²) >= 11 is 0. The van der Waals surface area contributed by atoms with Crippen molar-refractivity contribution in [3.8, 4) is 5.75 Å². The zero-order valence-electron chi connectivity index (χ0n) is 15.0. The van der Waals surface area contributed by atoms with Crippen LogP contribution in [0.3, 0.4) is 0 Å². The molecule has 0 aliphatic carbocycles. The highest BCUT2D eigenvalue weighted by atomic mass is 19.1. The summed E-state index contributed by atoms with van der Waals surface area (Å²) in [6, 6.07) is 3.65. The van der Waals surface area contributed by atoms with Gasteiger partial charge in [-0.25, -0.2) is 13.9 Å². The fraction of sp³-hybridized carbons (Fsp3) is 0.333. The van der Waals surface area contributed by atoms with Crippen molar-refractivity contribution < 1.29 is 13.9 Å². The van der Waals surface area contributed by atoms with Gasteiger partial charge in [-0.2, -0.15) is 5.10 Å². The second kappa shape index (κ2) is 6.92. The minimum atomic E-state index is -0.354. The lowest BCUT2D eigenvalue weighted by Gasteiger charge is -2.28. The van der Waals surface area contributed by atoms with Crippen molar-refractivity contribution in [1.29, 1.82) is 0 Å². The number of nitrogens with zero attached hydrogens (tertiary/aromatic N) is 2. The van der Waals surface area contributed by atoms with Crippen LogP contribution in [0.1, 0.15) is 25.5 Å². The Labute approximate surface area is 155 Å². The summed E-state index contributed by atoms with van der Waals surface area (Å²) in [5.41, 5.74) is 1.27. The molecule has 0 fully saturated rings. The topological polar surface area (TPSA) is 92.2 Å². The molecule has 1 unspecified atom stereocenters. The maximum atomic E-state index is 13.8. The summed E-state index contributed by atoms with van der Waals surface area (Å²) in [5.74, 6) is 0.913. The van der Waals surface area contributed by atoms with Crippen molar-refractivity contribution in [1.82, 2.24) is 20.4 Å². The van der Waals surface area contributed by atoms with E-state index < -0.39 is 0 Å². The van der Waals surface area contributed by atoms with Gasteiger partial charge in [0.05, 0.1) is 18.4 Å². The highest BCUT2D eigenvalue weighted by Gasteiger charge is 2.23. The lowest BCUT2D eigenvalue weighted by molar-refractivity contribution is 0.235. The minimum Gasteiger partial charge on any atom is -0.491 e. The molecule has 27 heavy (non-hydrogen) atoms. The first-order valence-corrected chi connectivity index (χ1v) is 8.78. The van der Waals surface area contributed by atoms with Crippen LogP contribution in [-0.2, 0) is 0 Å². The summed E-state index contributed by atoms with van der Waals surface area (Å²) in [6.45, 7) is 4.03. The molecule has 2 bridgehead atoms. The van der Waals surface area contributed by atoms with E-state index in [4.69, 9.17) is 4.74 Å². The standard InChI is InChI=1S/C18H21FN6O2/c1-10-9-27-15-4-3-12(19)7-13(15)11(2)22-16-5-6-25-17(24-16)14(8-20-25)23-18(26)21-10/h3-8,10-11,16,22,24H,9H2,1-2H3,(H2,21,23,26)/t10-,11+,16?/m0/s1. The molecule has 2 aliphatic rings. The predicted octanol–water partition coefficient (Wildman–Crippen LogP) is 2.50. The molecule has 1 aromatic carbocycles. The second-order valence-corrected chi connectivity index (χ2v) is 6.70. The molecule has 9 heteroatoms. The Bertz CT molecular complexity index is 896. The average molecular weight is 372 g/mol. The lowest BCUT2D eigenvalue weighted by Crippen LogP contribution is -2.41. The van der Waals surface area contributed by atoms with Crippen LogP contribution in [0.15, 0.2) is 30.5 Å². The Kier molecular flexibility index (Phi) is 4.44. The Hall–Kier alpha value is -3.07. The summed E-state index contributed by atoms with van der Waals surface area (Å²) in [7, 11) is 0. The van der Waals surface area contributed by atoms with Crippen molar-refractivity contribution in [3.63, 3.8) is 0 Å². The van der Waals surface area contributed by atoms with E-state index in [1.807, 2.05) is 19.9 Å². The highest BCUT2D eigenvalue weighted by molar-refractivity contribution is 5.92. The molecule has 1 aromatic heterocycles. The molecule has 3 atom stereocenters. The third-order valence-electron chi connectivity index (χ3n) is 4.49. The molecular formula is C18H21FN6O2. The maximum Gasteiger partial charge on any atom is 0.319 e. The molecule has 2 aromatic rings. The van der Waals surface area contributed by atoms with Crippen molar-refractivity contribution >= 4 is 23.7 Å². The van der Waals surface area contributed by atoms with Crippen LogP contribution >= 0.6 is 0 Å². The number of hydrogen-bond donors (Lipinski definition) is 4. The third kappa shape index (κ3) is 3.59. The number of halogens is 1. The van der Waals surface area contributed by atoms with Crippen LogP contribution in [0, 0.1) is 5.82 Å². The smallest absolute Gasteiger partial charge is 0.319 e. The number of benzene rings is 1. The number of anilines is 2. The number of fused-ring (bicyclic) bond motifs is 2. The largest absolute Gasteiger partial charge is 0.491 e. The monoisotopic (exact) mass is 372 g/mol. The van der Waals surface area contributed by atoms with Crippen molar-refractivity contribution in [3.05, 3.63) is 41.9 Å². The van der Waals surface area contributed by atoms with Crippen molar-refractivity contribution in [2.75, 3.05) is 17.2 Å². The second-order valence-electron chi connectivity index (χ2n) is 6.70. The van der Waals surface area contributed by atoms with E-state index in [9.17, 15) is 9.18 Å². The van der Waals surface area contributed by atoms with Crippen LogP contribution in [0.25, 0.3) is 6.20 Å². The minimum absolute atomic E-state index is 0.184. The molecule has 2 amide bonds. The number of aromatic nitrogens is 2. The normalized spacial score (nSPS) is 24.6. The molecule has 0 saturated heterocycles. The van der Waals surface area contributed by atoms with Gasteiger partial charge in [0.15, 0.2) is 5.82 Å². The molecule has 8 nitrogen and oxygen atoms in total. The van der Waals surface area contributed by atoms with Gasteiger partial charge in [-0.15, -0.1) is 0 Å². The Balaban J connectivity index is 1.69. The number of carbonyl (C=O) groups excluding carboxylic acids is 1. The van der Waals surface area contributed by atoms with E-state index in [0.717, 1.165) is 0 Å². The van der Waals surface area contributed by atoms with Crippen molar-refractivity contribution in [2.45, 2.75) is 32.1 Å². The Morgan fingerprint density at radius 1 is 1.30 bits per heavy atom. The van der Waals surface area contributed by atoms with Crippen LogP contribution in [0.4, 0.5) is 20.7 Å². The fourth-order valence-electron chi connectivity index (χ4n) is 3.16. The molecule has 0 spiro atoms. The van der Waals surface area contributed by atoms with Gasteiger partial charge in [-0.1, -0.05) is 0 Å². The maximum absolute atomic E-state index is 13.8. The van der Waals surface area contributed by atoms with Crippen LogP contribution in [0.2, 0.25) is 0 Å². The lowest BCUT2D eigenvalue weighted by atomic mass is 10.1. The van der Waals surface area contributed by atoms with Gasteiger partial charge in [0.25, 0.3) is 0 Å². The van der Waals surface area contributed by atoms with E-state index in [1.54, 1.807) is 23.1 Å². The van der Waals surface area contributed by atoms with Gasteiger partial charge < -0.3 is 20.7 Å². The third-order valence-corrected chi connectivity index (χ3v) is 4.49. The van der Waals surface area contributed by atoms with Gasteiger partial charge >= 0.3 is 6.03 Å². The van der Waals surface area contributed by atoms with Crippen molar-refractivity contribution in [2.24, 2.45) is 0 Å². The number of rotatable bonds is 0. The first kappa shape index (κ1) is 17.3. The number of urea groups is 1. The highest BCUT2D eigenvalue weighted by Crippen LogP contribution is 2.29. The zero-order chi connectivity index (χ0) is 19.0. The first-order chi connectivity index (χ1) is 13.0.